The standard InChI is InChI=1S/C22H24FN5O2/c1-26-10-12-27(13-11-26)25-22(29)20-15-28(18-8-6-17(23)7-9-18)24-21(20)16-4-3-5-19(14-16)30-2/h3-9,14-15H,10-13H2,1-2H3,(H,25,29). The summed E-state index contributed by atoms with van der Waals surface area (Å²) in [5.41, 5.74) is 5.39. The van der Waals surface area contributed by atoms with E-state index in [9.17, 15) is 9.18 Å². The van der Waals surface area contributed by atoms with Crippen LogP contribution < -0.4 is 10.2 Å². The lowest BCUT2D eigenvalue weighted by Crippen LogP contribution is -2.52. The summed E-state index contributed by atoms with van der Waals surface area (Å²) in [7, 11) is 3.66. The number of hydrazine groups is 1. The summed E-state index contributed by atoms with van der Waals surface area (Å²) < 4.78 is 20.2. The average Bonchev–Trinajstić information content (AvgIpc) is 3.21. The van der Waals surface area contributed by atoms with Gasteiger partial charge in [-0.25, -0.2) is 14.1 Å². The first-order valence-electron chi connectivity index (χ1n) is 9.78. The number of hydrogen-bond donors (Lipinski definition) is 1. The highest BCUT2D eigenvalue weighted by molar-refractivity contribution is 5.99. The number of benzene rings is 2. The van der Waals surface area contributed by atoms with Gasteiger partial charge >= 0.3 is 0 Å². The quantitative estimate of drug-likeness (QED) is 0.702. The summed E-state index contributed by atoms with van der Waals surface area (Å²) in [5.74, 6) is 0.118. The Hall–Kier alpha value is -3.23. The van der Waals surface area contributed by atoms with Crippen molar-refractivity contribution in [3.05, 3.63) is 66.1 Å². The second-order valence-corrected chi connectivity index (χ2v) is 7.28. The lowest BCUT2D eigenvalue weighted by molar-refractivity contribution is 0.0663. The molecular weight excluding hydrogens is 385 g/mol. The molecule has 1 aliphatic rings. The van der Waals surface area contributed by atoms with Crippen LogP contribution in [0.3, 0.4) is 0 Å². The summed E-state index contributed by atoms with van der Waals surface area (Å²) >= 11 is 0. The van der Waals surface area contributed by atoms with Gasteiger partial charge in [0.2, 0.25) is 0 Å². The molecule has 156 valence electrons. The van der Waals surface area contributed by atoms with Crippen molar-refractivity contribution in [3.63, 3.8) is 0 Å². The Morgan fingerprint density at radius 1 is 1.10 bits per heavy atom. The van der Waals surface area contributed by atoms with Crippen molar-refractivity contribution in [2.24, 2.45) is 0 Å². The molecule has 1 saturated heterocycles. The fourth-order valence-corrected chi connectivity index (χ4v) is 3.37. The molecule has 30 heavy (non-hydrogen) atoms. The summed E-state index contributed by atoms with van der Waals surface area (Å²) in [4.78, 5) is 15.3. The molecule has 1 N–H and O–H groups in total. The summed E-state index contributed by atoms with van der Waals surface area (Å²) in [5, 5.41) is 6.56. The van der Waals surface area contributed by atoms with E-state index in [0.717, 1.165) is 31.7 Å². The van der Waals surface area contributed by atoms with Crippen LogP contribution in [0.4, 0.5) is 4.39 Å². The number of nitrogens with one attached hydrogen (secondary N) is 1. The molecule has 0 spiro atoms. The second kappa shape index (κ2) is 8.64. The fourth-order valence-electron chi connectivity index (χ4n) is 3.37. The first kappa shape index (κ1) is 20.1. The van der Waals surface area contributed by atoms with Crippen LogP contribution in [0.2, 0.25) is 0 Å². The third kappa shape index (κ3) is 4.34. The number of ether oxygens (including phenoxy) is 1. The zero-order chi connectivity index (χ0) is 21.1. The van der Waals surface area contributed by atoms with Gasteiger partial charge in [-0.1, -0.05) is 12.1 Å². The average molecular weight is 409 g/mol. The molecule has 0 bridgehead atoms. The minimum absolute atomic E-state index is 0.231. The largest absolute Gasteiger partial charge is 0.497 e. The lowest BCUT2D eigenvalue weighted by atomic mass is 10.1. The Kier molecular flexibility index (Phi) is 5.78. The van der Waals surface area contributed by atoms with Crippen LogP contribution in [0.15, 0.2) is 54.7 Å². The van der Waals surface area contributed by atoms with Crippen molar-refractivity contribution in [1.29, 1.82) is 0 Å². The minimum atomic E-state index is -0.327. The number of halogens is 1. The molecule has 1 aromatic heterocycles. The van der Waals surface area contributed by atoms with Crippen LogP contribution in [-0.2, 0) is 0 Å². The van der Waals surface area contributed by atoms with Crippen molar-refractivity contribution in [3.8, 4) is 22.7 Å². The number of nitrogens with zero attached hydrogens (tertiary/aromatic N) is 4. The number of rotatable bonds is 5. The van der Waals surface area contributed by atoms with E-state index in [1.807, 2.05) is 29.3 Å². The lowest BCUT2D eigenvalue weighted by Gasteiger charge is -2.32. The van der Waals surface area contributed by atoms with Crippen molar-refractivity contribution < 1.29 is 13.9 Å². The zero-order valence-electron chi connectivity index (χ0n) is 17.0. The van der Waals surface area contributed by atoms with E-state index in [2.05, 4.69) is 22.5 Å². The van der Waals surface area contributed by atoms with Crippen LogP contribution in [0, 0.1) is 5.82 Å². The molecule has 0 unspecified atom stereocenters. The van der Waals surface area contributed by atoms with Crippen molar-refractivity contribution in [1.82, 2.24) is 25.1 Å². The van der Waals surface area contributed by atoms with E-state index in [1.54, 1.807) is 30.1 Å². The van der Waals surface area contributed by atoms with E-state index >= 15 is 0 Å². The predicted molar refractivity (Wildman–Crippen MR) is 112 cm³/mol. The van der Waals surface area contributed by atoms with Crippen LogP contribution in [0.5, 0.6) is 5.75 Å². The van der Waals surface area contributed by atoms with Gasteiger partial charge in [-0.05, 0) is 43.4 Å². The highest BCUT2D eigenvalue weighted by Crippen LogP contribution is 2.27. The van der Waals surface area contributed by atoms with E-state index < -0.39 is 0 Å². The smallest absolute Gasteiger partial charge is 0.269 e. The molecule has 2 aromatic carbocycles. The number of carbonyl (C=O) groups excluding carboxylic acids is 1. The van der Waals surface area contributed by atoms with Gasteiger partial charge in [-0.2, -0.15) is 5.10 Å². The van der Waals surface area contributed by atoms with Crippen molar-refractivity contribution in [2.75, 3.05) is 40.3 Å². The summed E-state index contributed by atoms with van der Waals surface area (Å²) in [6.45, 7) is 3.28. The Labute approximate surface area is 174 Å². The van der Waals surface area contributed by atoms with E-state index in [0.29, 0.717) is 22.7 Å². The molecule has 0 aliphatic carbocycles. The molecule has 4 rings (SSSR count). The topological polar surface area (TPSA) is 62.6 Å². The van der Waals surface area contributed by atoms with Crippen LogP contribution in [-0.4, -0.2) is 65.9 Å². The van der Waals surface area contributed by atoms with Gasteiger partial charge in [0.15, 0.2) is 0 Å². The molecule has 1 fully saturated rings. The normalized spacial score (nSPS) is 15.2. The van der Waals surface area contributed by atoms with Crippen LogP contribution in [0.25, 0.3) is 16.9 Å². The highest BCUT2D eigenvalue weighted by Gasteiger charge is 2.22. The van der Waals surface area contributed by atoms with Gasteiger partial charge in [0, 0.05) is 37.9 Å². The van der Waals surface area contributed by atoms with Gasteiger partial charge in [0.25, 0.3) is 5.91 Å². The Morgan fingerprint density at radius 2 is 1.83 bits per heavy atom. The predicted octanol–water partition coefficient (Wildman–Crippen LogP) is 2.58. The number of amides is 1. The Bertz CT molecular complexity index is 1030. The SMILES string of the molecule is COc1cccc(-c2nn(-c3ccc(F)cc3)cc2C(=O)NN2CCN(C)CC2)c1. The summed E-state index contributed by atoms with van der Waals surface area (Å²) in [6.07, 6.45) is 1.67. The maximum Gasteiger partial charge on any atom is 0.269 e. The third-order valence-corrected chi connectivity index (χ3v) is 5.16. The van der Waals surface area contributed by atoms with Crippen LogP contribution in [0.1, 0.15) is 10.4 Å². The molecular formula is C22H24FN5O2. The molecule has 0 radical (unpaired) electrons. The molecule has 0 saturated carbocycles. The first-order chi connectivity index (χ1) is 14.5. The fraction of sp³-hybridized carbons (Fsp3) is 0.273. The van der Waals surface area contributed by atoms with E-state index in [4.69, 9.17) is 4.74 Å². The zero-order valence-corrected chi connectivity index (χ0v) is 17.0. The molecule has 3 aromatic rings. The number of piperazine rings is 1. The van der Waals surface area contributed by atoms with Gasteiger partial charge in [0.1, 0.15) is 17.3 Å². The van der Waals surface area contributed by atoms with Gasteiger partial charge in [-0.15, -0.1) is 0 Å². The van der Waals surface area contributed by atoms with Crippen molar-refractivity contribution in [2.45, 2.75) is 0 Å². The number of methoxy groups -OCH3 is 1. The molecule has 8 heteroatoms. The maximum atomic E-state index is 13.3. The maximum absolute atomic E-state index is 13.3. The molecule has 2 heterocycles. The number of likely N-dealkylation sites (N-methyl/N-ethyl adjacent to an activating group) is 1. The van der Waals surface area contributed by atoms with Gasteiger partial charge in [-0.3, -0.25) is 10.2 Å². The minimum Gasteiger partial charge on any atom is -0.497 e. The third-order valence-electron chi connectivity index (χ3n) is 5.16. The second-order valence-electron chi connectivity index (χ2n) is 7.28. The number of aromatic nitrogens is 2. The Morgan fingerprint density at radius 3 is 2.53 bits per heavy atom. The molecule has 0 atom stereocenters. The van der Waals surface area contributed by atoms with E-state index in [1.165, 1.54) is 12.1 Å². The van der Waals surface area contributed by atoms with E-state index in [-0.39, 0.29) is 11.7 Å². The van der Waals surface area contributed by atoms with Crippen molar-refractivity contribution >= 4 is 5.91 Å². The summed E-state index contributed by atoms with van der Waals surface area (Å²) in [6, 6.07) is 13.4. The monoisotopic (exact) mass is 409 g/mol. The molecule has 1 aliphatic heterocycles. The Balaban J connectivity index is 1.69. The molecule has 1 amide bonds. The van der Waals surface area contributed by atoms with Gasteiger partial charge < -0.3 is 9.64 Å². The number of hydrogen-bond acceptors (Lipinski definition) is 5. The highest BCUT2D eigenvalue weighted by atomic mass is 19.1. The first-order valence-corrected chi connectivity index (χ1v) is 9.78. The van der Waals surface area contributed by atoms with Crippen LogP contribution >= 0.6 is 0 Å². The van der Waals surface area contributed by atoms with Gasteiger partial charge in [0.05, 0.1) is 18.4 Å². The number of carbonyl (C=O) groups is 1. The molecule has 7 nitrogen and oxygen atoms in total.